The van der Waals surface area contributed by atoms with E-state index in [-0.39, 0.29) is 24.7 Å². The van der Waals surface area contributed by atoms with Crippen molar-refractivity contribution in [1.29, 1.82) is 0 Å². The molecule has 0 bridgehead atoms. The number of nitrogens with one attached hydrogen (secondary N) is 1. The molecule has 0 radical (unpaired) electrons. The van der Waals surface area contributed by atoms with Crippen LogP contribution in [0.2, 0.25) is 5.02 Å². The zero-order valence-electron chi connectivity index (χ0n) is 15.8. The van der Waals surface area contributed by atoms with Crippen molar-refractivity contribution in [1.82, 2.24) is 29.5 Å². The Kier molecular flexibility index (Phi) is 5.34. The number of aromatic amines is 1. The second-order valence-electron chi connectivity index (χ2n) is 6.69. The van der Waals surface area contributed by atoms with Crippen molar-refractivity contribution in [3.05, 3.63) is 86.0 Å². The normalized spacial score (nSPS) is 12.2. The zero-order valence-corrected chi connectivity index (χ0v) is 16.6. The van der Waals surface area contributed by atoms with Gasteiger partial charge >= 0.3 is 5.69 Å². The van der Waals surface area contributed by atoms with Crippen molar-refractivity contribution >= 4 is 11.6 Å². The molecule has 4 rings (SSSR count). The SMILES string of the molecule is Cn1cc(-c2cn[nH]c2)c(=O)n(Cc2nc(C[C@H](O)c3ccc(Cl)cc3)no2)c1=O. The number of aromatic nitrogens is 6. The van der Waals surface area contributed by atoms with Gasteiger partial charge in [-0.25, -0.2) is 4.79 Å². The molecule has 0 saturated carbocycles. The predicted molar refractivity (Wildman–Crippen MR) is 107 cm³/mol. The third kappa shape index (κ3) is 3.95. The fourth-order valence-electron chi connectivity index (χ4n) is 3.01. The van der Waals surface area contributed by atoms with Gasteiger partial charge in [-0.1, -0.05) is 28.9 Å². The smallest absolute Gasteiger partial charge is 0.331 e. The Morgan fingerprint density at radius 3 is 2.73 bits per heavy atom. The lowest BCUT2D eigenvalue weighted by molar-refractivity contribution is 0.174. The van der Waals surface area contributed by atoms with Crippen molar-refractivity contribution in [2.75, 3.05) is 0 Å². The fraction of sp³-hybridized carbons (Fsp3) is 0.211. The average Bonchev–Trinajstić information content (AvgIpc) is 3.41. The van der Waals surface area contributed by atoms with Gasteiger partial charge in [0.15, 0.2) is 5.82 Å². The quantitative estimate of drug-likeness (QED) is 0.473. The first-order valence-corrected chi connectivity index (χ1v) is 9.35. The Morgan fingerprint density at radius 2 is 2.03 bits per heavy atom. The van der Waals surface area contributed by atoms with Crippen LogP contribution in [0.3, 0.4) is 0 Å². The number of H-pyrrole nitrogens is 1. The summed E-state index contributed by atoms with van der Waals surface area (Å²) in [7, 11) is 1.55. The van der Waals surface area contributed by atoms with Gasteiger partial charge in [-0.2, -0.15) is 10.1 Å². The van der Waals surface area contributed by atoms with Gasteiger partial charge in [0.05, 0.1) is 17.9 Å². The summed E-state index contributed by atoms with van der Waals surface area (Å²) in [6.07, 6.45) is 3.76. The summed E-state index contributed by atoms with van der Waals surface area (Å²) in [6, 6.07) is 6.77. The highest BCUT2D eigenvalue weighted by molar-refractivity contribution is 6.30. The molecule has 11 heteroatoms. The second kappa shape index (κ2) is 8.09. The highest BCUT2D eigenvalue weighted by Crippen LogP contribution is 2.19. The van der Waals surface area contributed by atoms with Gasteiger partial charge in [0.1, 0.15) is 6.54 Å². The highest BCUT2D eigenvalue weighted by Gasteiger charge is 2.17. The average molecular weight is 429 g/mol. The summed E-state index contributed by atoms with van der Waals surface area (Å²) in [4.78, 5) is 29.5. The molecule has 0 saturated heterocycles. The van der Waals surface area contributed by atoms with Crippen LogP contribution in [0.1, 0.15) is 23.4 Å². The topological polar surface area (TPSA) is 132 Å². The fourth-order valence-corrected chi connectivity index (χ4v) is 3.14. The first-order valence-electron chi connectivity index (χ1n) is 8.97. The molecule has 3 heterocycles. The third-order valence-electron chi connectivity index (χ3n) is 4.57. The van der Waals surface area contributed by atoms with Crippen LogP contribution in [0.4, 0.5) is 0 Å². The molecule has 3 aromatic heterocycles. The van der Waals surface area contributed by atoms with Gasteiger partial charge in [-0.15, -0.1) is 0 Å². The highest BCUT2D eigenvalue weighted by atomic mass is 35.5. The summed E-state index contributed by atoms with van der Waals surface area (Å²) >= 11 is 5.86. The van der Waals surface area contributed by atoms with Crippen LogP contribution in [0, 0.1) is 0 Å². The molecule has 10 nitrogen and oxygen atoms in total. The maximum atomic E-state index is 12.8. The number of nitrogens with zero attached hydrogens (tertiary/aromatic N) is 5. The van der Waals surface area contributed by atoms with Crippen LogP contribution in [0.15, 0.2) is 57.0 Å². The van der Waals surface area contributed by atoms with E-state index in [9.17, 15) is 14.7 Å². The molecule has 2 N–H and O–H groups in total. The first-order chi connectivity index (χ1) is 14.4. The molecule has 30 heavy (non-hydrogen) atoms. The minimum absolute atomic E-state index is 0.0804. The number of aliphatic hydroxyl groups is 1. The first kappa shape index (κ1) is 19.8. The van der Waals surface area contributed by atoms with Crippen molar-refractivity contribution in [3.8, 4) is 11.1 Å². The molecular formula is C19H17ClN6O4. The summed E-state index contributed by atoms with van der Waals surface area (Å²) < 4.78 is 7.49. The molecule has 0 spiro atoms. The Morgan fingerprint density at radius 1 is 1.27 bits per heavy atom. The van der Waals surface area contributed by atoms with E-state index in [0.717, 1.165) is 4.57 Å². The van der Waals surface area contributed by atoms with E-state index in [2.05, 4.69) is 20.3 Å². The Labute approximate surface area is 174 Å². The van der Waals surface area contributed by atoms with Crippen molar-refractivity contribution in [2.45, 2.75) is 19.1 Å². The number of aryl methyl sites for hydroxylation is 1. The molecule has 1 aromatic carbocycles. The van der Waals surface area contributed by atoms with Gasteiger partial charge in [0.25, 0.3) is 5.56 Å². The van der Waals surface area contributed by atoms with Gasteiger partial charge in [0.2, 0.25) is 5.89 Å². The lowest BCUT2D eigenvalue weighted by Gasteiger charge is -2.08. The lowest BCUT2D eigenvalue weighted by atomic mass is 10.1. The van der Waals surface area contributed by atoms with Crippen molar-refractivity contribution < 1.29 is 9.63 Å². The number of hydrogen-bond donors (Lipinski definition) is 2. The monoisotopic (exact) mass is 428 g/mol. The maximum absolute atomic E-state index is 12.8. The third-order valence-corrected chi connectivity index (χ3v) is 4.83. The minimum Gasteiger partial charge on any atom is -0.388 e. The van der Waals surface area contributed by atoms with Crippen LogP contribution in [-0.4, -0.2) is 34.6 Å². The molecule has 1 atom stereocenters. The number of benzene rings is 1. The molecule has 0 aliphatic carbocycles. The number of rotatable bonds is 6. The van der Waals surface area contributed by atoms with Crippen LogP contribution >= 0.6 is 11.6 Å². The molecule has 4 aromatic rings. The van der Waals surface area contributed by atoms with E-state index in [1.165, 1.54) is 17.0 Å². The van der Waals surface area contributed by atoms with E-state index < -0.39 is 17.4 Å². The van der Waals surface area contributed by atoms with E-state index in [1.807, 2.05) is 0 Å². The summed E-state index contributed by atoms with van der Waals surface area (Å²) in [5, 5.41) is 21.2. The van der Waals surface area contributed by atoms with Crippen LogP contribution in [0.5, 0.6) is 0 Å². The molecular weight excluding hydrogens is 412 g/mol. The molecule has 154 valence electrons. The number of hydrogen-bond acceptors (Lipinski definition) is 7. The van der Waals surface area contributed by atoms with Gasteiger partial charge < -0.3 is 14.2 Å². The molecule has 0 unspecified atom stereocenters. The Balaban J connectivity index is 1.57. The van der Waals surface area contributed by atoms with E-state index in [0.29, 0.717) is 21.7 Å². The van der Waals surface area contributed by atoms with Gasteiger partial charge in [-0.05, 0) is 17.7 Å². The number of halogens is 1. The summed E-state index contributed by atoms with van der Waals surface area (Å²) in [5.74, 6) is 0.333. The van der Waals surface area contributed by atoms with E-state index in [4.69, 9.17) is 16.1 Å². The minimum atomic E-state index is -0.854. The molecule has 0 aliphatic heterocycles. The van der Waals surface area contributed by atoms with Crippen LogP contribution in [-0.2, 0) is 20.0 Å². The van der Waals surface area contributed by atoms with Gasteiger partial charge in [0, 0.05) is 36.4 Å². The Hall–Kier alpha value is -3.50. The van der Waals surface area contributed by atoms with Crippen LogP contribution < -0.4 is 11.2 Å². The standard InChI is InChI=1S/C19H17ClN6O4/c1-25-9-14(12-7-21-22-8-12)18(28)26(19(25)29)10-17-23-16(24-30-17)6-15(27)11-2-4-13(20)5-3-11/h2-5,7-9,15,27H,6,10H2,1H3,(H,21,22)/t15-/m0/s1. The predicted octanol–water partition coefficient (Wildman–Crippen LogP) is 1.30. The van der Waals surface area contributed by atoms with Crippen molar-refractivity contribution in [2.24, 2.45) is 7.05 Å². The molecule has 0 amide bonds. The van der Waals surface area contributed by atoms with E-state index in [1.54, 1.807) is 37.5 Å². The zero-order chi connectivity index (χ0) is 21.3. The summed E-state index contributed by atoms with van der Waals surface area (Å²) in [5.41, 5.74) is 0.502. The van der Waals surface area contributed by atoms with Crippen LogP contribution in [0.25, 0.3) is 11.1 Å². The van der Waals surface area contributed by atoms with Gasteiger partial charge in [-0.3, -0.25) is 14.5 Å². The van der Waals surface area contributed by atoms with Crippen molar-refractivity contribution in [3.63, 3.8) is 0 Å². The Bertz CT molecular complexity index is 1270. The number of aliphatic hydroxyl groups excluding tert-OH is 1. The maximum Gasteiger partial charge on any atom is 0.331 e. The van der Waals surface area contributed by atoms with E-state index >= 15 is 0 Å². The summed E-state index contributed by atoms with van der Waals surface area (Å²) in [6.45, 7) is -0.193. The molecule has 0 fully saturated rings. The molecule has 0 aliphatic rings. The lowest BCUT2D eigenvalue weighted by Crippen LogP contribution is -2.39. The largest absolute Gasteiger partial charge is 0.388 e. The second-order valence-corrected chi connectivity index (χ2v) is 7.13.